The zero-order chi connectivity index (χ0) is 20.7. The first kappa shape index (κ1) is 21.3. The quantitative estimate of drug-likeness (QED) is 0.428. The fourth-order valence-electron chi connectivity index (χ4n) is 6.56. The minimum atomic E-state index is -0.414. The van der Waals surface area contributed by atoms with Gasteiger partial charge < -0.3 is 4.74 Å². The number of fused-ring (bicyclic) bond motifs is 3. The normalized spacial score (nSPS) is 35.0. The average Bonchev–Trinajstić information content (AvgIpc) is 2.91. The highest BCUT2D eigenvalue weighted by molar-refractivity contribution is 5.81. The van der Waals surface area contributed by atoms with Crippen LogP contribution in [0.1, 0.15) is 86.5 Å². The lowest BCUT2D eigenvalue weighted by Crippen LogP contribution is -2.51. The Labute approximate surface area is 171 Å². The van der Waals surface area contributed by atoms with Crippen LogP contribution >= 0.6 is 0 Å². The van der Waals surface area contributed by atoms with Gasteiger partial charge in [0.05, 0.1) is 11.5 Å². The van der Waals surface area contributed by atoms with Gasteiger partial charge in [0.2, 0.25) is 0 Å². The molecule has 0 spiro atoms. The largest absolute Gasteiger partial charge is 0.463 e. The number of carbonyl (C=O) groups excluding carboxylic acids is 2. The molecule has 0 unspecified atom stereocenters. The minimum Gasteiger partial charge on any atom is -0.463 e. The fraction of sp³-hybridized carbons (Fsp3) is 0.760. The van der Waals surface area contributed by atoms with Gasteiger partial charge in [0, 0.05) is 11.8 Å². The van der Waals surface area contributed by atoms with Gasteiger partial charge in [0.1, 0.15) is 5.78 Å². The van der Waals surface area contributed by atoms with Crippen molar-refractivity contribution in [3.63, 3.8) is 0 Å². The molecule has 2 saturated carbocycles. The van der Waals surface area contributed by atoms with Gasteiger partial charge >= 0.3 is 5.97 Å². The van der Waals surface area contributed by atoms with Crippen molar-refractivity contribution in [1.82, 2.24) is 0 Å². The molecule has 0 radical (unpaired) electrons. The number of ether oxygens (including phenoxy) is 1. The maximum atomic E-state index is 13.5. The summed E-state index contributed by atoms with van der Waals surface area (Å²) in [6, 6.07) is 0. The first-order chi connectivity index (χ1) is 13.1. The highest BCUT2D eigenvalue weighted by atomic mass is 16.5. The van der Waals surface area contributed by atoms with Gasteiger partial charge in [-0.1, -0.05) is 37.1 Å². The third kappa shape index (κ3) is 3.50. The smallest absolute Gasteiger partial charge is 0.313 e. The number of carbonyl (C=O) groups is 2. The van der Waals surface area contributed by atoms with Crippen LogP contribution in [-0.2, 0) is 14.3 Å². The second-order valence-electron chi connectivity index (χ2n) is 10.3. The van der Waals surface area contributed by atoms with E-state index in [0.29, 0.717) is 18.3 Å². The van der Waals surface area contributed by atoms with Crippen LogP contribution in [0, 0.1) is 28.6 Å². The number of esters is 1. The summed E-state index contributed by atoms with van der Waals surface area (Å²) in [5.74, 6) is 1.30. The first-order valence-corrected chi connectivity index (χ1v) is 11.2. The van der Waals surface area contributed by atoms with Gasteiger partial charge in [-0.05, 0) is 84.0 Å². The summed E-state index contributed by atoms with van der Waals surface area (Å²) in [4.78, 5) is 25.8. The molecular weight excluding hydrogens is 348 g/mol. The van der Waals surface area contributed by atoms with Crippen LogP contribution < -0.4 is 0 Å². The van der Waals surface area contributed by atoms with Gasteiger partial charge in [-0.15, -0.1) is 0 Å². The first-order valence-electron chi connectivity index (χ1n) is 11.2. The number of rotatable bonds is 5. The molecule has 156 valence electrons. The summed E-state index contributed by atoms with van der Waals surface area (Å²) in [5.41, 5.74) is 2.26. The fourth-order valence-corrected chi connectivity index (χ4v) is 6.56. The molecule has 0 bridgehead atoms. The van der Waals surface area contributed by atoms with Gasteiger partial charge in [-0.2, -0.15) is 0 Å². The maximum Gasteiger partial charge on any atom is 0.313 e. The predicted octanol–water partition coefficient (Wildman–Crippen LogP) is 6.03. The van der Waals surface area contributed by atoms with Crippen LogP contribution in [0.4, 0.5) is 0 Å². The third-order valence-corrected chi connectivity index (χ3v) is 7.65. The second kappa shape index (κ2) is 7.80. The summed E-state index contributed by atoms with van der Waals surface area (Å²) in [7, 11) is 0. The Morgan fingerprint density at radius 2 is 1.86 bits per heavy atom. The van der Waals surface area contributed by atoms with Crippen LogP contribution in [0.25, 0.3) is 0 Å². The number of hydrogen-bond acceptors (Lipinski definition) is 3. The van der Waals surface area contributed by atoms with Gasteiger partial charge in [0.15, 0.2) is 0 Å². The molecule has 28 heavy (non-hydrogen) atoms. The number of Topliss-reactive ketones (excluding diaryl/α,β-unsaturated/α-hetero) is 1. The van der Waals surface area contributed by atoms with E-state index >= 15 is 0 Å². The monoisotopic (exact) mass is 386 g/mol. The molecule has 0 N–H and O–H groups in total. The van der Waals surface area contributed by atoms with Crippen molar-refractivity contribution >= 4 is 11.8 Å². The van der Waals surface area contributed by atoms with E-state index in [1.165, 1.54) is 11.1 Å². The highest BCUT2D eigenvalue weighted by Gasteiger charge is 2.63. The lowest BCUT2D eigenvalue weighted by molar-refractivity contribution is -0.169. The zero-order valence-corrected chi connectivity index (χ0v) is 18.6. The molecule has 2 fully saturated rings. The molecule has 0 aromatic rings. The Hall–Kier alpha value is -1.38. The predicted molar refractivity (Wildman–Crippen MR) is 113 cm³/mol. The summed E-state index contributed by atoms with van der Waals surface area (Å²) in [5, 5.41) is 0. The van der Waals surface area contributed by atoms with E-state index in [0.717, 1.165) is 38.5 Å². The summed E-state index contributed by atoms with van der Waals surface area (Å²) < 4.78 is 5.87. The van der Waals surface area contributed by atoms with Crippen LogP contribution in [0.2, 0.25) is 0 Å². The lowest BCUT2D eigenvalue weighted by Gasteiger charge is -2.52. The minimum absolute atomic E-state index is 0.00922. The van der Waals surface area contributed by atoms with Crippen LogP contribution in [0.3, 0.4) is 0 Å². The van der Waals surface area contributed by atoms with Crippen LogP contribution in [0.15, 0.2) is 23.3 Å². The zero-order valence-electron chi connectivity index (χ0n) is 18.6. The average molecular weight is 387 g/mol. The van der Waals surface area contributed by atoms with E-state index in [2.05, 4.69) is 32.9 Å². The molecule has 3 heteroatoms. The Kier molecular flexibility index (Phi) is 5.94. The lowest BCUT2D eigenvalue weighted by atomic mass is 9.51. The van der Waals surface area contributed by atoms with Crippen molar-refractivity contribution in [3.05, 3.63) is 23.3 Å². The molecule has 0 aliphatic heterocycles. The molecule has 0 heterocycles. The van der Waals surface area contributed by atoms with Gasteiger partial charge in [0.25, 0.3) is 0 Å². The highest BCUT2D eigenvalue weighted by Crippen LogP contribution is 2.66. The number of allylic oxidation sites excluding steroid dienone is 4. The molecule has 3 nitrogen and oxygen atoms in total. The third-order valence-electron chi connectivity index (χ3n) is 7.65. The van der Waals surface area contributed by atoms with Gasteiger partial charge in [-0.3, -0.25) is 9.59 Å². The number of ketones is 1. The number of hydrogen-bond donors (Lipinski definition) is 0. The van der Waals surface area contributed by atoms with Crippen molar-refractivity contribution in [1.29, 1.82) is 0 Å². The van der Waals surface area contributed by atoms with E-state index in [1.54, 1.807) is 6.92 Å². The van der Waals surface area contributed by atoms with Crippen molar-refractivity contribution in [2.75, 3.05) is 0 Å². The SMILES string of the molecule is CC(=O)C[C@]12CC=C(C)CC=C1[C@@H]1CC[C@H](C(C)C)[C@@]1(C(=O)OC(C)C)CC2. The summed E-state index contributed by atoms with van der Waals surface area (Å²) in [6.45, 7) is 12.3. The molecule has 0 amide bonds. The summed E-state index contributed by atoms with van der Waals surface area (Å²) >= 11 is 0. The van der Waals surface area contributed by atoms with E-state index in [-0.39, 0.29) is 29.2 Å². The van der Waals surface area contributed by atoms with Crippen molar-refractivity contribution in [2.24, 2.45) is 28.6 Å². The van der Waals surface area contributed by atoms with Gasteiger partial charge in [-0.25, -0.2) is 0 Å². The molecule has 0 aromatic carbocycles. The van der Waals surface area contributed by atoms with Crippen molar-refractivity contribution in [3.8, 4) is 0 Å². The second-order valence-corrected chi connectivity index (χ2v) is 10.3. The molecule has 4 atom stereocenters. The van der Waals surface area contributed by atoms with Crippen LogP contribution in [-0.4, -0.2) is 17.9 Å². The maximum absolute atomic E-state index is 13.5. The summed E-state index contributed by atoms with van der Waals surface area (Å²) in [6.07, 6.45) is 11.0. The molecular formula is C25H38O3. The van der Waals surface area contributed by atoms with E-state index < -0.39 is 5.41 Å². The van der Waals surface area contributed by atoms with E-state index in [9.17, 15) is 9.59 Å². The van der Waals surface area contributed by atoms with Crippen molar-refractivity contribution < 1.29 is 14.3 Å². The van der Waals surface area contributed by atoms with Crippen LogP contribution in [0.5, 0.6) is 0 Å². The molecule has 3 aliphatic rings. The standard InChI is InChI=1S/C25H38O3/c1-16(2)20-9-10-22-21-8-7-18(5)11-12-24(21,15-19(6)26)13-14-25(20,22)23(27)28-17(3)4/h8,11,16-17,20,22H,7,9-10,12-15H2,1-6H3/t20-,22+,24-,25+/m1/s1. The topological polar surface area (TPSA) is 43.4 Å². The molecule has 3 rings (SSSR count). The van der Waals surface area contributed by atoms with E-state index in [1.807, 2.05) is 13.8 Å². The molecule has 0 aromatic heterocycles. The van der Waals surface area contributed by atoms with Crippen molar-refractivity contribution in [2.45, 2.75) is 92.6 Å². The Bertz CT molecular complexity index is 699. The molecule has 0 saturated heterocycles. The Morgan fingerprint density at radius 3 is 2.46 bits per heavy atom. The molecule has 3 aliphatic carbocycles. The van der Waals surface area contributed by atoms with E-state index in [4.69, 9.17) is 4.74 Å². The Morgan fingerprint density at radius 1 is 1.14 bits per heavy atom. The Balaban J connectivity index is 2.09.